The van der Waals surface area contributed by atoms with Crippen LogP contribution in [0.5, 0.6) is 0 Å². The van der Waals surface area contributed by atoms with Crippen LogP contribution >= 0.6 is 0 Å². The second-order valence-electron chi connectivity index (χ2n) is 9.09. The molecular formula is C25H30N4O3. The van der Waals surface area contributed by atoms with Gasteiger partial charge >= 0.3 is 0 Å². The van der Waals surface area contributed by atoms with Gasteiger partial charge < -0.3 is 14.7 Å². The molecule has 0 bridgehead atoms. The van der Waals surface area contributed by atoms with Gasteiger partial charge in [-0.2, -0.15) is 0 Å². The SMILES string of the molecule is CN(C)C(=O)[C@@]12CN(C(=O)CCCc3ccccc3)C[C@@H]1CN(C(=O)c1ccncc1)C2. The molecule has 0 unspecified atom stereocenters. The molecule has 168 valence electrons. The molecule has 3 heterocycles. The Morgan fingerprint density at radius 1 is 1.00 bits per heavy atom. The minimum atomic E-state index is -0.735. The van der Waals surface area contributed by atoms with Crippen molar-refractivity contribution in [3.8, 4) is 0 Å². The molecule has 4 rings (SSSR count). The van der Waals surface area contributed by atoms with E-state index < -0.39 is 5.41 Å². The lowest BCUT2D eigenvalue weighted by atomic mass is 9.80. The molecule has 0 N–H and O–H groups in total. The molecule has 0 aliphatic carbocycles. The molecule has 2 atom stereocenters. The van der Waals surface area contributed by atoms with E-state index in [0.29, 0.717) is 38.2 Å². The van der Waals surface area contributed by atoms with Gasteiger partial charge in [0, 0.05) is 70.6 Å². The maximum Gasteiger partial charge on any atom is 0.254 e. The Balaban J connectivity index is 1.43. The summed E-state index contributed by atoms with van der Waals surface area (Å²) in [6.07, 6.45) is 5.31. The normalized spacial score (nSPS) is 22.0. The average Bonchev–Trinajstić information content (AvgIpc) is 3.35. The highest BCUT2D eigenvalue weighted by molar-refractivity contribution is 5.95. The van der Waals surface area contributed by atoms with Crippen LogP contribution in [0.1, 0.15) is 28.8 Å². The van der Waals surface area contributed by atoms with Crippen LogP contribution in [0.2, 0.25) is 0 Å². The number of hydrogen-bond acceptors (Lipinski definition) is 4. The Kier molecular flexibility index (Phi) is 6.26. The van der Waals surface area contributed by atoms with E-state index in [9.17, 15) is 14.4 Å². The van der Waals surface area contributed by atoms with Crippen molar-refractivity contribution >= 4 is 17.7 Å². The fraction of sp³-hybridized carbons (Fsp3) is 0.440. The summed E-state index contributed by atoms with van der Waals surface area (Å²) in [5, 5.41) is 0. The van der Waals surface area contributed by atoms with E-state index in [1.165, 1.54) is 5.56 Å². The summed E-state index contributed by atoms with van der Waals surface area (Å²) in [4.78, 5) is 48.4. The lowest BCUT2D eigenvalue weighted by Gasteiger charge is -2.30. The van der Waals surface area contributed by atoms with Crippen LogP contribution < -0.4 is 0 Å². The first-order valence-corrected chi connectivity index (χ1v) is 11.1. The van der Waals surface area contributed by atoms with Gasteiger partial charge in [0.25, 0.3) is 5.91 Å². The number of pyridine rings is 1. The molecule has 2 saturated heterocycles. The smallest absolute Gasteiger partial charge is 0.254 e. The van der Waals surface area contributed by atoms with Crippen molar-refractivity contribution < 1.29 is 14.4 Å². The molecule has 0 spiro atoms. The number of fused-ring (bicyclic) bond motifs is 1. The molecule has 2 fully saturated rings. The van der Waals surface area contributed by atoms with Crippen LogP contribution in [0.15, 0.2) is 54.9 Å². The van der Waals surface area contributed by atoms with Crippen LogP contribution in [-0.4, -0.2) is 77.7 Å². The first-order valence-electron chi connectivity index (χ1n) is 11.1. The van der Waals surface area contributed by atoms with E-state index in [-0.39, 0.29) is 23.6 Å². The highest BCUT2D eigenvalue weighted by atomic mass is 16.2. The third-order valence-electron chi connectivity index (χ3n) is 6.71. The van der Waals surface area contributed by atoms with Crippen molar-refractivity contribution in [1.82, 2.24) is 19.7 Å². The van der Waals surface area contributed by atoms with Crippen molar-refractivity contribution in [3.63, 3.8) is 0 Å². The minimum absolute atomic E-state index is 0.00730. The van der Waals surface area contributed by atoms with Gasteiger partial charge in [-0.05, 0) is 30.5 Å². The number of rotatable bonds is 6. The topological polar surface area (TPSA) is 73.8 Å². The summed E-state index contributed by atoms with van der Waals surface area (Å²) in [7, 11) is 3.48. The Morgan fingerprint density at radius 3 is 2.34 bits per heavy atom. The Hall–Kier alpha value is -3.22. The third kappa shape index (κ3) is 4.24. The quantitative estimate of drug-likeness (QED) is 0.698. The number of amides is 3. The van der Waals surface area contributed by atoms with E-state index >= 15 is 0 Å². The number of carbonyl (C=O) groups is 3. The number of nitrogens with zero attached hydrogens (tertiary/aromatic N) is 4. The standard InChI is InChI=1S/C25H30N4O3/c1-27(2)24(32)25-17-28(22(30)10-6-9-19-7-4-3-5-8-19)15-21(25)16-29(18-25)23(31)20-11-13-26-14-12-20/h3-5,7-8,11-14,21H,6,9-10,15-18H2,1-2H3/t21-,25-/m1/s1. The summed E-state index contributed by atoms with van der Waals surface area (Å²) in [5.41, 5.74) is 1.06. The average molecular weight is 435 g/mol. The molecule has 32 heavy (non-hydrogen) atoms. The lowest BCUT2D eigenvalue weighted by Crippen LogP contribution is -2.48. The summed E-state index contributed by atoms with van der Waals surface area (Å²) in [6, 6.07) is 13.5. The molecule has 2 aliphatic rings. The number of likely N-dealkylation sites (tertiary alicyclic amines) is 2. The first kappa shape index (κ1) is 22.0. The summed E-state index contributed by atoms with van der Waals surface area (Å²) < 4.78 is 0. The van der Waals surface area contributed by atoms with Crippen molar-refractivity contribution in [2.75, 3.05) is 40.3 Å². The molecule has 7 nitrogen and oxygen atoms in total. The van der Waals surface area contributed by atoms with Crippen LogP contribution in [0.4, 0.5) is 0 Å². The Morgan fingerprint density at radius 2 is 1.66 bits per heavy atom. The molecule has 0 saturated carbocycles. The minimum Gasteiger partial charge on any atom is -0.348 e. The Labute approximate surface area is 189 Å². The van der Waals surface area contributed by atoms with E-state index in [2.05, 4.69) is 17.1 Å². The molecule has 7 heteroatoms. The van der Waals surface area contributed by atoms with Crippen LogP contribution in [0, 0.1) is 11.3 Å². The van der Waals surface area contributed by atoms with Crippen molar-refractivity contribution in [2.45, 2.75) is 19.3 Å². The highest BCUT2D eigenvalue weighted by Crippen LogP contribution is 2.44. The zero-order valence-corrected chi connectivity index (χ0v) is 18.7. The molecular weight excluding hydrogens is 404 g/mol. The third-order valence-corrected chi connectivity index (χ3v) is 6.71. The fourth-order valence-electron chi connectivity index (χ4n) is 5.08. The van der Waals surface area contributed by atoms with Crippen LogP contribution in [-0.2, 0) is 16.0 Å². The largest absolute Gasteiger partial charge is 0.348 e. The zero-order valence-electron chi connectivity index (χ0n) is 18.7. The monoisotopic (exact) mass is 434 g/mol. The van der Waals surface area contributed by atoms with Gasteiger partial charge in [0.1, 0.15) is 0 Å². The molecule has 2 aromatic rings. The zero-order chi connectivity index (χ0) is 22.7. The van der Waals surface area contributed by atoms with E-state index in [1.54, 1.807) is 48.4 Å². The van der Waals surface area contributed by atoms with Gasteiger partial charge in [-0.3, -0.25) is 19.4 Å². The van der Waals surface area contributed by atoms with Crippen LogP contribution in [0.25, 0.3) is 0 Å². The van der Waals surface area contributed by atoms with Crippen molar-refractivity contribution in [1.29, 1.82) is 0 Å². The summed E-state index contributed by atoms with van der Waals surface area (Å²) in [5.74, 6) is -0.0601. The van der Waals surface area contributed by atoms with Gasteiger partial charge in [-0.25, -0.2) is 0 Å². The summed E-state index contributed by atoms with van der Waals surface area (Å²) >= 11 is 0. The van der Waals surface area contributed by atoms with Gasteiger partial charge in [-0.15, -0.1) is 0 Å². The van der Waals surface area contributed by atoms with E-state index in [4.69, 9.17) is 0 Å². The van der Waals surface area contributed by atoms with Gasteiger partial charge in [0.05, 0.1) is 5.41 Å². The predicted molar refractivity (Wildman–Crippen MR) is 121 cm³/mol. The highest BCUT2D eigenvalue weighted by Gasteiger charge is 2.59. The van der Waals surface area contributed by atoms with Gasteiger partial charge in [0.15, 0.2) is 0 Å². The van der Waals surface area contributed by atoms with E-state index in [1.807, 2.05) is 23.1 Å². The lowest BCUT2D eigenvalue weighted by molar-refractivity contribution is -0.140. The molecule has 1 aromatic heterocycles. The number of benzene rings is 1. The number of aromatic nitrogens is 1. The van der Waals surface area contributed by atoms with Gasteiger partial charge in [-0.1, -0.05) is 30.3 Å². The predicted octanol–water partition coefficient (Wildman–Crippen LogP) is 2.09. The molecule has 2 aliphatic heterocycles. The molecule has 0 radical (unpaired) electrons. The number of hydrogen-bond donors (Lipinski definition) is 0. The van der Waals surface area contributed by atoms with Gasteiger partial charge in [0.2, 0.25) is 11.8 Å². The second kappa shape index (κ2) is 9.10. The molecule has 3 amide bonds. The number of carbonyl (C=O) groups excluding carboxylic acids is 3. The second-order valence-corrected chi connectivity index (χ2v) is 9.09. The fourth-order valence-corrected chi connectivity index (χ4v) is 5.08. The van der Waals surface area contributed by atoms with Crippen LogP contribution in [0.3, 0.4) is 0 Å². The Bertz CT molecular complexity index is 979. The van der Waals surface area contributed by atoms with Crippen molar-refractivity contribution in [3.05, 3.63) is 66.0 Å². The first-order chi connectivity index (χ1) is 15.4. The van der Waals surface area contributed by atoms with E-state index in [0.717, 1.165) is 12.8 Å². The molecule has 1 aromatic carbocycles. The maximum absolute atomic E-state index is 13.3. The number of aryl methyl sites for hydroxylation is 1. The maximum atomic E-state index is 13.3. The van der Waals surface area contributed by atoms with Crippen molar-refractivity contribution in [2.24, 2.45) is 11.3 Å². The summed E-state index contributed by atoms with van der Waals surface area (Å²) in [6.45, 7) is 1.71.